The van der Waals surface area contributed by atoms with Crippen molar-refractivity contribution < 1.29 is 13.6 Å². The van der Waals surface area contributed by atoms with E-state index < -0.39 is 11.6 Å². The fraction of sp³-hybridized carbons (Fsp3) is 0.417. The lowest BCUT2D eigenvalue weighted by atomic mass is 10.2. The molecule has 0 radical (unpaired) electrons. The molecule has 3 nitrogen and oxygen atoms in total. The third-order valence-corrected chi connectivity index (χ3v) is 3.08. The van der Waals surface area contributed by atoms with Crippen LogP contribution in [0.1, 0.15) is 20.3 Å². The second kappa shape index (κ2) is 6.68. The highest BCUT2D eigenvalue weighted by Gasteiger charge is 2.10. The Morgan fingerprint density at radius 3 is 2.67 bits per heavy atom. The predicted molar refractivity (Wildman–Crippen MR) is 70.4 cm³/mol. The van der Waals surface area contributed by atoms with E-state index in [0.29, 0.717) is 0 Å². The van der Waals surface area contributed by atoms with E-state index in [-0.39, 0.29) is 28.7 Å². The van der Waals surface area contributed by atoms with Gasteiger partial charge in [-0.3, -0.25) is 4.79 Å². The molecule has 1 aromatic rings. The minimum atomic E-state index is -0.611. The number of hydrogen-bond donors (Lipinski definition) is 2. The van der Waals surface area contributed by atoms with Gasteiger partial charge in [-0.25, -0.2) is 8.78 Å². The van der Waals surface area contributed by atoms with Gasteiger partial charge in [0.2, 0.25) is 5.91 Å². The van der Waals surface area contributed by atoms with Gasteiger partial charge in [-0.2, -0.15) is 0 Å². The van der Waals surface area contributed by atoms with Gasteiger partial charge >= 0.3 is 0 Å². The Morgan fingerprint density at radius 2 is 2.06 bits per heavy atom. The molecule has 0 aliphatic carbocycles. The summed E-state index contributed by atoms with van der Waals surface area (Å²) in [4.78, 5) is 11.4. The molecule has 1 rings (SSSR count). The summed E-state index contributed by atoms with van der Waals surface area (Å²) in [6.45, 7) is 3.72. The van der Waals surface area contributed by atoms with Gasteiger partial charge in [0.15, 0.2) is 0 Å². The molecule has 1 amide bonds. The van der Waals surface area contributed by atoms with Crippen LogP contribution in [0.25, 0.3) is 0 Å². The first kappa shape index (κ1) is 14.9. The zero-order chi connectivity index (χ0) is 13.7. The lowest BCUT2D eigenvalue weighted by Gasteiger charge is -2.13. The van der Waals surface area contributed by atoms with E-state index in [4.69, 9.17) is 0 Å². The van der Waals surface area contributed by atoms with Crippen molar-refractivity contribution in [2.45, 2.75) is 26.3 Å². The van der Waals surface area contributed by atoms with Gasteiger partial charge in [-0.15, -0.1) is 0 Å². The molecule has 0 saturated carbocycles. The maximum absolute atomic E-state index is 13.4. The summed E-state index contributed by atoms with van der Waals surface area (Å²) in [6.07, 6.45) is 0.813. The van der Waals surface area contributed by atoms with Crippen molar-refractivity contribution in [3.63, 3.8) is 0 Å². The average molecular weight is 321 g/mol. The first-order valence-electron chi connectivity index (χ1n) is 5.61. The Labute approximate surface area is 113 Å². The molecule has 0 saturated heterocycles. The predicted octanol–water partition coefficient (Wildman–Crippen LogP) is 3.05. The van der Waals surface area contributed by atoms with Crippen LogP contribution in [0.2, 0.25) is 0 Å². The van der Waals surface area contributed by atoms with Gasteiger partial charge in [0.05, 0.1) is 16.7 Å². The van der Waals surface area contributed by atoms with Crippen molar-refractivity contribution in [1.82, 2.24) is 5.32 Å². The van der Waals surface area contributed by atoms with Crippen LogP contribution >= 0.6 is 15.9 Å². The molecule has 2 N–H and O–H groups in total. The minimum Gasteiger partial charge on any atom is -0.374 e. The molecule has 0 heterocycles. The number of carbonyl (C=O) groups excluding carboxylic acids is 1. The summed E-state index contributed by atoms with van der Waals surface area (Å²) in [5.74, 6) is -1.45. The number of benzene rings is 1. The smallest absolute Gasteiger partial charge is 0.239 e. The number of halogens is 3. The number of carbonyl (C=O) groups is 1. The number of anilines is 1. The van der Waals surface area contributed by atoms with Crippen LogP contribution in [0, 0.1) is 11.6 Å². The summed E-state index contributed by atoms with van der Waals surface area (Å²) < 4.78 is 26.7. The van der Waals surface area contributed by atoms with Gasteiger partial charge < -0.3 is 10.6 Å². The minimum absolute atomic E-state index is 0.0324. The van der Waals surface area contributed by atoms with Crippen LogP contribution in [-0.4, -0.2) is 18.5 Å². The Bertz CT molecular complexity index is 440. The Kier molecular flexibility index (Phi) is 5.53. The third kappa shape index (κ3) is 4.25. The molecule has 0 aliphatic heterocycles. The first-order valence-corrected chi connectivity index (χ1v) is 6.41. The summed E-state index contributed by atoms with van der Waals surface area (Å²) in [5, 5.41) is 5.28. The van der Waals surface area contributed by atoms with Crippen molar-refractivity contribution >= 4 is 27.5 Å². The molecular weight excluding hydrogens is 306 g/mol. The molecule has 18 heavy (non-hydrogen) atoms. The van der Waals surface area contributed by atoms with Crippen LogP contribution in [0.5, 0.6) is 0 Å². The van der Waals surface area contributed by atoms with Crippen molar-refractivity contribution in [1.29, 1.82) is 0 Å². The maximum Gasteiger partial charge on any atom is 0.239 e. The topological polar surface area (TPSA) is 41.1 Å². The van der Waals surface area contributed by atoms with Crippen LogP contribution < -0.4 is 10.6 Å². The Hall–Kier alpha value is -1.17. The summed E-state index contributed by atoms with van der Waals surface area (Å²) in [7, 11) is 0. The van der Waals surface area contributed by atoms with E-state index in [2.05, 4.69) is 26.6 Å². The quantitative estimate of drug-likeness (QED) is 0.819. The second-order valence-electron chi connectivity index (χ2n) is 3.98. The van der Waals surface area contributed by atoms with Crippen molar-refractivity contribution in [3.05, 3.63) is 28.2 Å². The van der Waals surface area contributed by atoms with E-state index in [9.17, 15) is 13.6 Å². The van der Waals surface area contributed by atoms with E-state index in [1.165, 1.54) is 0 Å². The normalized spacial score (nSPS) is 12.1. The highest BCUT2D eigenvalue weighted by atomic mass is 79.9. The summed E-state index contributed by atoms with van der Waals surface area (Å²) in [6, 6.07) is 2.09. The number of nitrogens with one attached hydrogen (secondary N) is 2. The largest absolute Gasteiger partial charge is 0.374 e. The van der Waals surface area contributed by atoms with E-state index in [1.807, 2.05) is 13.8 Å². The van der Waals surface area contributed by atoms with E-state index >= 15 is 0 Å². The SMILES string of the molecule is CCC(C)NC(=O)CNc1cc(F)c(Br)cc1F. The van der Waals surface area contributed by atoms with Gasteiger partial charge in [0, 0.05) is 12.1 Å². The van der Waals surface area contributed by atoms with Crippen molar-refractivity contribution in [2.24, 2.45) is 0 Å². The Balaban J connectivity index is 2.58. The molecule has 6 heteroatoms. The zero-order valence-electron chi connectivity index (χ0n) is 10.2. The zero-order valence-corrected chi connectivity index (χ0v) is 11.8. The van der Waals surface area contributed by atoms with E-state index in [0.717, 1.165) is 18.6 Å². The fourth-order valence-electron chi connectivity index (χ4n) is 1.26. The molecular formula is C12H15BrF2N2O. The lowest BCUT2D eigenvalue weighted by molar-refractivity contribution is -0.120. The van der Waals surface area contributed by atoms with E-state index in [1.54, 1.807) is 0 Å². The molecule has 1 atom stereocenters. The van der Waals surface area contributed by atoms with Gasteiger partial charge in [0.1, 0.15) is 11.6 Å². The third-order valence-electron chi connectivity index (χ3n) is 2.47. The monoisotopic (exact) mass is 320 g/mol. The van der Waals surface area contributed by atoms with Gasteiger partial charge in [-0.1, -0.05) is 6.92 Å². The Morgan fingerprint density at radius 1 is 1.39 bits per heavy atom. The van der Waals surface area contributed by atoms with Crippen molar-refractivity contribution in [3.8, 4) is 0 Å². The molecule has 0 fully saturated rings. The van der Waals surface area contributed by atoms with Gasteiger partial charge in [-0.05, 0) is 35.3 Å². The summed E-state index contributed by atoms with van der Waals surface area (Å²) in [5.41, 5.74) is -0.0324. The average Bonchev–Trinajstić information content (AvgIpc) is 2.32. The molecule has 100 valence electrons. The number of hydrogen-bond acceptors (Lipinski definition) is 2. The summed E-state index contributed by atoms with van der Waals surface area (Å²) >= 11 is 2.88. The van der Waals surface area contributed by atoms with Crippen LogP contribution in [-0.2, 0) is 4.79 Å². The second-order valence-corrected chi connectivity index (χ2v) is 4.83. The van der Waals surface area contributed by atoms with Crippen LogP contribution in [0.15, 0.2) is 16.6 Å². The van der Waals surface area contributed by atoms with Crippen LogP contribution in [0.4, 0.5) is 14.5 Å². The molecule has 0 bridgehead atoms. The highest BCUT2D eigenvalue weighted by molar-refractivity contribution is 9.10. The number of rotatable bonds is 5. The maximum atomic E-state index is 13.4. The molecule has 1 unspecified atom stereocenters. The molecule has 0 aromatic heterocycles. The molecule has 1 aromatic carbocycles. The first-order chi connectivity index (χ1) is 8.43. The standard InChI is InChI=1S/C12H15BrF2N2O/c1-3-7(2)17-12(18)6-16-11-5-9(14)8(13)4-10(11)15/h4-5,7,16H,3,6H2,1-2H3,(H,17,18). The fourth-order valence-corrected chi connectivity index (χ4v) is 1.58. The number of amides is 1. The molecule has 0 spiro atoms. The molecule has 0 aliphatic rings. The lowest BCUT2D eigenvalue weighted by Crippen LogP contribution is -2.36. The van der Waals surface area contributed by atoms with Gasteiger partial charge in [0.25, 0.3) is 0 Å². The van der Waals surface area contributed by atoms with Crippen molar-refractivity contribution in [2.75, 3.05) is 11.9 Å². The highest BCUT2D eigenvalue weighted by Crippen LogP contribution is 2.23. The van der Waals surface area contributed by atoms with Crippen LogP contribution in [0.3, 0.4) is 0 Å².